The maximum absolute atomic E-state index is 12.4. The molecule has 22 heavy (non-hydrogen) atoms. The van der Waals surface area contributed by atoms with Gasteiger partial charge in [0, 0.05) is 6.54 Å². The molecule has 3 atom stereocenters. The molecule has 1 amide bonds. The van der Waals surface area contributed by atoms with Crippen molar-refractivity contribution in [1.29, 1.82) is 0 Å². The second-order valence-corrected chi connectivity index (χ2v) is 6.32. The monoisotopic (exact) mass is 364 g/mol. The Morgan fingerprint density at radius 1 is 1.41 bits per heavy atom. The molecule has 0 saturated carbocycles. The molecule has 0 spiro atoms. The lowest BCUT2D eigenvalue weighted by Gasteiger charge is -2.30. The molecule has 122 valence electrons. The zero-order valence-corrected chi connectivity index (χ0v) is 14.5. The molecule has 0 bridgehead atoms. The van der Waals surface area contributed by atoms with E-state index in [-0.39, 0.29) is 36.5 Å². The first kappa shape index (κ1) is 17.8. The van der Waals surface area contributed by atoms with Gasteiger partial charge in [-0.3, -0.25) is 4.79 Å². The van der Waals surface area contributed by atoms with Gasteiger partial charge in [0.15, 0.2) is 0 Å². The van der Waals surface area contributed by atoms with Crippen LogP contribution in [0.4, 0.5) is 0 Å². The van der Waals surface area contributed by atoms with Crippen molar-refractivity contribution in [2.45, 2.75) is 38.0 Å². The number of benzene rings is 1. The van der Waals surface area contributed by atoms with Crippen molar-refractivity contribution in [3.8, 4) is 0 Å². The number of carbonyl (C=O) groups is 1. The number of carbonyl (C=O) groups excluding carboxylic acids is 1. The first-order chi connectivity index (χ1) is 10.1. The molecule has 2 aliphatic rings. The summed E-state index contributed by atoms with van der Waals surface area (Å²) < 4.78 is 5.52. The number of hydrogen-bond acceptors (Lipinski definition) is 3. The predicted octanol–water partition coefficient (Wildman–Crippen LogP) is 2.90. The molecule has 1 aromatic rings. The molecule has 1 fully saturated rings. The molecule has 1 unspecified atom stereocenters. The summed E-state index contributed by atoms with van der Waals surface area (Å²) in [4.78, 5) is 12.4. The van der Waals surface area contributed by atoms with E-state index in [0.717, 1.165) is 24.0 Å². The van der Waals surface area contributed by atoms with Gasteiger partial charge in [-0.25, -0.2) is 0 Å². The Morgan fingerprint density at radius 2 is 2.18 bits per heavy atom. The van der Waals surface area contributed by atoms with E-state index >= 15 is 0 Å². The van der Waals surface area contributed by atoms with Gasteiger partial charge in [0.1, 0.15) is 6.04 Å². The van der Waals surface area contributed by atoms with E-state index in [1.54, 1.807) is 6.07 Å². The van der Waals surface area contributed by atoms with Gasteiger partial charge in [-0.15, -0.1) is 12.4 Å². The highest BCUT2D eigenvalue weighted by atomic mass is 35.5. The first-order valence-corrected chi connectivity index (χ1v) is 7.95. The highest BCUT2D eigenvalue weighted by Crippen LogP contribution is 2.39. The van der Waals surface area contributed by atoms with Crippen molar-refractivity contribution in [3.05, 3.63) is 33.3 Å². The van der Waals surface area contributed by atoms with Crippen LogP contribution in [0.5, 0.6) is 0 Å². The highest BCUT2D eigenvalue weighted by molar-refractivity contribution is 6.42. The Labute approximate surface area is 146 Å². The van der Waals surface area contributed by atoms with E-state index in [0.29, 0.717) is 23.2 Å². The van der Waals surface area contributed by atoms with Crippen LogP contribution in [0.3, 0.4) is 0 Å². The molecular formula is C15H19Cl3N2O2. The number of ether oxygens (including phenoxy) is 1. The molecule has 0 radical (unpaired) electrons. The van der Waals surface area contributed by atoms with Crippen molar-refractivity contribution in [1.82, 2.24) is 10.6 Å². The standard InChI is InChI=1S/C15H18Cl2N2O2.ClH/c1-8-14(18-6-7-21-8)15(20)19-12-5-3-10-9(12)2-4-11(16)13(10)17;/h2,4,8,12,14,18H,3,5-7H2,1H3,(H,19,20);1H/t8-,12?,14+;/m1./s1. The number of morpholine rings is 1. The summed E-state index contributed by atoms with van der Waals surface area (Å²) in [5.74, 6) is -0.0221. The lowest BCUT2D eigenvalue weighted by molar-refractivity contribution is -0.129. The minimum absolute atomic E-state index is 0. The maximum Gasteiger partial charge on any atom is 0.240 e. The van der Waals surface area contributed by atoms with Crippen LogP contribution in [0, 0.1) is 0 Å². The topological polar surface area (TPSA) is 50.4 Å². The van der Waals surface area contributed by atoms with Crippen molar-refractivity contribution >= 4 is 41.5 Å². The summed E-state index contributed by atoms with van der Waals surface area (Å²) in [5, 5.41) is 7.48. The molecule has 7 heteroatoms. The average molecular weight is 366 g/mol. The third-order valence-electron chi connectivity index (χ3n) is 4.21. The number of nitrogens with one attached hydrogen (secondary N) is 2. The normalized spacial score (nSPS) is 27.0. The molecule has 1 aromatic carbocycles. The molecule has 0 aromatic heterocycles. The Bertz CT molecular complexity index is 568. The summed E-state index contributed by atoms with van der Waals surface area (Å²) in [6, 6.07) is 3.44. The largest absolute Gasteiger partial charge is 0.375 e. The van der Waals surface area contributed by atoms with Crippen LogP contribution in [0.2, 0.25) is 10.0 Å². The van der Waals surface area contributed by atoms with Crippen LogP contribution in [0.25, 0.3) is 0 Å². The van der Waals surface area contributed by atoms with Gasteiger partial charge < -0.3 is 15.4 Å². The molecular weight excluding hydrogens is 347 g/mol. The van der Waals surface area contributed by atoms with Crippen LogP contribution in [0.15, 0.2) is 12.1 Å². The van der Waals surface area contributed by atoms with Gasteiger partial charge in [-0.05, 0) is 37.0 Å². The van der Waals surface area contributed by atoms with E-state index < -0.39 is 0 Å². The molecule has 3 rings (SSSR count). The van der Waals surface area contributed by atoms with Crippen molar-refractivity contribution in [3.63, 3.8) is 0 Å². The van der Waals surface area contributed by atoms with Gasteiger partial charge >= 0.3 is 0 Å². The van der Waals surface area contributed by atoms with Crippen LogP contribution >= 0.6 is 35.6 Å². The van der Waals surface area contributed by atoms with Gasteiger partial charge in [-0.1, -0.05) is 29.3 Å². The minimum Gasteiger partial charge on any atom is -0.375 e. The quantitative estimate of drug-likeness (QED) is 0.847. The second-order valence-electron chi connectivity index (χ2n) is 5.54. The van der Waals surface area contributed by atoms with E-state index in [1.807, 2.05) is 13.0 Å². The Balaban J connectivity index is 0.00000176. The SMILES string of the molecule is C[C@H]1OCCN[C@@H]1C(=O)NC1CCc2c1ccc(Cl)c2Cl.Cl. The summed E-state index contributed by atoms with van der Waals surface area (Å²) >= 11 is 12.3. The van der Waals surface area contributed by atoms with Crippen LogP contribution in [-0.2, 0) is 16.0 Å². The summed E-state index contributed by atoms with van der Waals surface area (Å²) in [5.41, 5.74) is 2.12. The van der Waals surface area contributed by atoms with Crippen molar-refractivity contribution in [2.75, 3.05) is 13.2 Å². The molecule has 1 saturated heterocycles. The Kier molecular flexibility index (Phi) is 5.97. The number of hydrogen-bond donors (Lipinski definition) is 2. The number of halogens is 3. The zero-order valence-electron chi connectivity index (χ0n) is 12.2. The molecule has 1 aliphatic heterocycles. The highest BCUT2D eigenvalue weighted by Gasteiger charge is 2.32. The van der Waals surface area contributed by atoms with Gasteiger partial charge in [-0.2, -0.15) is 0 Å². The lowest BCUT2D eigenvalue weighted by atomic mass is 10.1. The molecule has 4 nitrogen and oxygen atoms in total. The van der Waals surface area contributed by atoms with E-state index in [1.165, 1.54) is 0 Å². The fourth-order valence-corrected chi connectivity index (χ4v) is 3.51. The second kappa shape index (κ2) is 7.37. The minimum atomic E-state index is -0.300. The summed E-state index contributed by atoms with van der Waals surface area (Å²) in [7, 11) is 0. The van der Waals surface area contributed by atoms with Crippen LogP contribution in [0.1, 0.15) is 30.5 Å². The first-order valence-electron chi connectivity index (χ1n) is 7.20. The van der Waals surface area contributed by atoms with Crippen LogP contribution in [-0.4, -0.2) is 31.2 Å². The predicted molar refractivity (Wildman–Crippen MR) is 90.1 cm³/mol. The summed E-state index contributed by atoms with van der Waals surface area (Å²) in [6.07, 6.45) is 1.57. The lowest BCUT2D eigenvalue weighted by Crippen LogP contribution is -2.55. The zero-order chi connectivity index (χ0) is 15.0. The molecule has 1 aliphatic carbocycles. The molecule has 2 N–H and O–H groups in total. The Morgan fingerprint density at radius 3 is 2.91 bits per heavy atom. The van der Waals surface area contributed by atoms with Crippen molar-refractivity contribution in [2.24, 2.45) is 0 Å². The van der Waals surface area contributed by atoms with E-state index in [9.17, 15) is 4.79 Å². The number of amides is 1. The summed E-state index contributed by atoms with van der Waals surface area (Å²) in [6.45, 7) is 3.26. The van der Waals surface area contributed by atoms with E-state index in [2.05, 4.69) is 10.6 Å². The third-order valence-corrected chi connectivity index (χ3v) is 5.05. The fourth-order valence-electron chi connectivity index (χ4n) is 3.07. The Hall–Kier alpha value is -0.520. The van der Waals surface area contributed by atoms with Gasteiger partial charge in [0.25, 0.3) is 0 Å². The number of fused-ring (bicyclic) bond motifs is 1. The number of rotatable bonds is 2. The third kappa shape index (κ3) is 3.36. The fraction of sp³-hybridized carbons (Fsp3) is 0.533. The van der Waals surface area contributed by atoms with Gasteiger partial charge in [0.05, 0.1) is 28.8 Å². The van der Waals surface area contributed by atoms with Crippen LogP contribution < -0.4 is 10.6 Å². The van der Waals surface area contributed by atoms with E-state index in [4.69, 9.17) is 27.9 Å². The molecule has 1 heterocycles. The maximum atomic E-state index is 12.4. The van der Waals surface area contributed by atoms with Gasteiger partial charge in [0.2, 0.25) is 5.91 Å². The van der Waals surface area contributed by atoms with Crippen molar-refractivity contribution < 1.29 is 9.53 Å². The average Bonchev–Trinajstić information content (AvgIpc) is 2.87. The smallest absolute Gasteiger partial charge is 0.240 e.